The fourth-order valence-electron chi connectivity index (χ4n) is 3.80. The molecule has 1 N–H and O–H groups in total. The molecule has 1 aliphatic heterocycles. The van der Waals surface area contributed by atoms with Gasteiger partial charge < -0.3 is 14.5 Å². The van der Waals surface area contributed by atoms with Crippen molar-refractivity contribution < 1.29 is 18.8 Å². The molecule has 1 fully saturated rings. The van der Waals surface area contributed by atoms with Crippen molar-refractivity contribution in [1.82, 2.24) is 4.90 Å². The van der Waals surface area contributed by atoms with Crippen LogP contribution in [0.1, 0.15) is 30.3 Å². The van der Waals surface area contributed by atoms with E-state index in [1.165, 1.54) is 22.6 Å². The summed E-state index contributed by atoms with van der Waals surface area (Å²) in [6.07, 6.45) is 0. The van der Waals surface area contributed by atoms with Crippen molar-refractivity contribution in [3.8, 4) is 5.75 Å². The Labute approximate surface area is 177 Å². The molecule has 0 aliphatic carbocycles. The summed E-state index contributed by atoms with van der Waals surface area (Å²) in [5, 5.41) is -0.0276. The topological polar surface area (TPSA) is 34.0 Å². The molecule has 2 aromatic rings. The fourth-order valence-corrected chi connectivity index (χ4v) is 5.08. The maximum absolute atomic E-state index is 13.3. The summed E-state index contributed by atoms with van der Waals surface area (Å²) in [5.41, 5.74) is 2.15. The predicted molar refractivity (Wildman–Crippen MR) is 116 cm³/mol. The number of rotatable bonds is 8. The van der Waals surface area contributed by atoms with Crippen molar-refractivity contribution in [3.05, 3.63) is 65.5 Å². The third-order valence-corrected chi connectivity index (χ3v) is 6.31. The van der Waals surface area contributed by atoms with Crippen LogP contribution in [0.4, 0.5) is 4.39 Å². The molecule has 4 nitrogen and oxygen atoms in total. The van der Waals surface area contributed by atoms with E-state index in [4.69, 9.17) is 4.74 Å². The molecule has 156 valence electrons. The van der Waals surface area contributed by atoms with Crippen LogP contribution in [-0.2, 0) is 11.3 Å². The number of halogens is 1. The lowest BCUT2D eigenvalue weighted by molar-refractivity contribution is -0.909. The molecule has 0 radical (unpaired) electrons. The highest BCUT2D eigenvalue weighted by Crippen LogP contribution is 2.37. The van der Waals surface area contributed by atoms with E-state index in [0.717, 1.165) is 36.7 Å². The van der Waals surface area contributed by atoms with Crippen molar-refractivity contribution in [2.75, 3.05) is 32.5 Å². The van der Waals surface area contributed by atoms with Crippen LogP contribution in [0.25, 0.3) is 0 Å². The van der Waals surface area contributed by atoms with Gasteiger partial charge in [-0.15, -0.1) is 11.8 Å². The van der Waals surface area contributed by atoms with E-state index in [-0.39, 0.29) is 17.1 Å². The Morgan fingerprint density at radius 3 is 2.72 bits per heavy atom. The zero-order valence-corrected chi connectivity index (χ0v) is 18.2. The van der Waals surface area contributed by atoms with Crippen molar-refractivity contribution in [3.63, 3.8) is 0 Å². The van der Waals surface area contributed by atoms with Gasteiger partial charge in [-0.05, 0) is 29.8 Å². The van der Waals surface area contributed by atoms with E-state index in [1.54, 1.807) is 31.0 Å². The summed E-state index contributed by atoms with van der Waals surface area (Å²) in [6, 6.07) is 14.6. The van der Waals surface area contributed by atoms with Gasteiger partial charge in [-0.25, -0.2) is 4.39 Å². The predicted octanol–water partition coefficient (Wildman–Crippen LogP) is 3.15. The van der Waals surface area contributed by atoms with Crippen molar-refractivity contribution in [2.24, 2.45) is 5.92 Å². The molecule has 0 bridgehead atoms. The fraction of sp³-hybridized carbons (Fsp3) is 0.435. The molecule has 1 amide bonds. The molecule has 1 aliphatic rings. The lowest BCUT2D eigenvalue weighted by Gasteiger charge is -2.27. The second-order valence-corrected chi connectivity index (χ2v) is 9.10. The van der Waals surface area contributed by atoms with Crippen LogP contribution in [-0.4, -0.2) is 43.3 Å². The summed E-state index contributed by atoms with van der Waals surface area (Å²) in [7, 11) is 1.67. The quantitative estimate of drug-likeness (QED) is 0.717. The molecule has 1 unspecified atom stereocenters. The highest BCUT2D eigenvalue weighted by Gasteiger charge is 2.32. The highest BCUT2D eigenvalue weighted by atomic mass is 32.2. The molecule has 1 saturated heterocycles. The number of nitrogens with zero attached hydrogens (tertiary/aromatic N) is 1. The van der Waals surface area contributed by atoms with Gasteiger partial charge in [-0.1, -0.05) is 38.1 Å². The Morgan fingerprint density at radius 2 is 2.03 bits per heavy atom. The minimum Gasteiger partial charge on any atom is -0.497 e. The van der Waals surface area contributed by atoms with E-state index in [0.29, 0.717) is 12.5 Å². The van der Waals surface area contributed by atoms with Gasteiger partial charge in [0.25, 0.3) is 5.91 Å². The second kappa shape index (κ2) is 10.1. The summed E-state index contributed by atoms with van der Waals surface area (Å²) >= 11 is 1.74. The average Bonchev–Trinajstić information content (AvgIpc) is 3.18. The number of ether oxygens (including phenoxy) is 1. The Bertz CT molecular complexity index is 813. The highest BCUT2D eigenvalue weighted by molar-refractivity contribution is 7.99. The zero-order chi connectivity index (χ0) is 20.8. The Balaban J connectivity index is 1.70. The van der Waals surface area contributed by atoms with E-state index in [9.17, 15) is 9.18 Å². The molecular weight excluding hydrogens is 387 g/mol. The summed E-state index contributed by atoms with van der Waals surface area (Å²) in [5.74, 6) is 2.14. The smallest absolute Gasteiger partial charge is 0.278 e. The van der Waals surface area contributed by atoms with E-state index in [1.807, 2.05) is 23.1 Å². The van der Waals surface area contributed by atoms with Gasteiger partial charge >= 0.3 is 0 Å². The monoisotopic (exact) mass is 417 g/mol. The van der Waals surface area contributed by atoms with Crippen LogP contribution in [0.3, 0.4) is 0 Å². The normalized spacial score (nSPS) is 17.6. The van der Waals surface area contributed by atoms with Crippen LogP contribution in [0.15, 0.2) is 48.5 Å². The SMILES string of the molecule is COc1cccc(C[NH+](CC(=O)N2CCS[C@H]2c2ccc(F)cc2)CC(C)C)c1. The number of quaternary nitrogens is 1. The van der Waals surface area contributed by atoms with Gasteiger partial charge in [0.15, 0.2) is 6.54 Å². The number of amides is 1. The molecule has 1 heterocycles. The van der Waals surface area contributed by atoms with Crippen LogP contribution >= 0.6 is 11.8 Å². The number of carbonyl (C=O) groups excluding carboxylic acids is 1. The van der Waals surface area contributed by atoms with Crippen molar-refractivity contribution >= 4 is 17.7 Å². The lowest BCUT2D eigenvalue weighted by atomic mass is 10.1. The van der Waals surface area contributed by atoms with Crippen molar-refractivity contribution in [1.29, 1.82) is 0 Å². The van der Waals surface area contributed by atoms with E-state index >= 15 is 0 Å². The summed E-state index contributed by atoms with van der Waals surface area (Å²) in [4.78, 5) is 16.4. The van der Waals surface area contributed by atoms with E-state index in [2.05, 4.69) is 19.9 Å². The van der Waals surface area contributed by atoms with Gasteiger partial charge in [0, 0.05) is 23.8 Å². The molecule has 3 rings (SSSR count). The molecule has 0 spiro atoms. The first kappa shape index (κ1) is 21.7. The van der Waals surface area contributed by atoms with Crippen molar-refractivity contribution in [2.45, 2.75) is 25.8 Å². The maximum atomic E-state index is 13.3. The number of thioether (sulfide) groups is 1. The minimum atomic E-state index is -0.250. The molecule has 0 aromatic heterocycles. The van der Waals surface area contributed by atoms with Crippen LogP contribution in [0.5, 0.6) is 5.75 Å². The molecule has 2 aromatic carbocycles. The number of hydrogen-bond donors (Lipinski definition) is 1. The Kier molecular flexibility index (Phi) is 7.56. The molecular formula is C23H30FN2O2S+. The molecule has 6 heteroatoms. The van der Waals surface area contributed by atoms with Gasteiger partial charge in [-0.3, -0.25) is 4.79 Å². The number of benzene rings is 2. The third kappa shape index (κ3) is 5.97. The third-order valence-electron chi connectivity index (χ3n) is 5.05. The van der Waals surface area contributed by atoms with Gasteiger partial charge in [0.1, 0.15) is 23.5 Å². The van der Waals surface area contributed by atoms with Crippen LogP contribution in [0.2, 0.25) is 0 Å². The molecule has 2 atom stereocenters. The molecule has 29 heavy (non-hydrogen) atoms. The van der Waals surface area contributed by atoms with Gasteiger partial charge in [-0.2, -0.15) is 0 Å². The Morgan fingerprint density at radius 1 is 1.28 bits per heavy atom. The minimum absolute atomic E-state index is 0.0276. The number of methoxy groups -OCH3 is 1. The zero-order valence-electron chi connectivity index (χ0n) is 17.4. The van der Waals surface area contributed by atoms with Gasteiger partial charge in [0.05, 0.1) is 13.7 Å². The maximum Gasteiger partial charge on any atom is 0.278 e. The number of hydrogen-bond acceptors (Lipinski definition) is 3. The summed E-state index contributed by atoms with van der Waals surface area (Å²) in [6.45, 7) is 7.26. The van der Waals surface area contributed by atoms with E-state index < -0.39 is 0 Å². The molecule has 0 saturated carbocycles. The first-order valence-electron chi connectivity index (χ1n) is 10.1. The number of nitrogens with one attached hydrogen (secondary N) is 1. The second-order valence-electron chi connectivity index (χ2n) is 7.91. The average molecular weight is 418 g/mol. The lowest BCUT2D eigenvalue weighted by Crippen LogP contribution is -3.12. The first-order chi connectivity index (χ1) is 14.0. The van der Waals surface area contributed by atoms with Crippen LogP contribution < -0.4 is 9.64 Å². The Hall–Kier alpha value is -2.05. The van der Waals surface area contributed by atoms with Gasteiger partial charge in [0.2, 0.25) is 0 Å². The summed E-state index contributed by atoms with van der Waals surface area (Å²) < 4.78 is 18.6. The standard InChI is InChI=1S/C23H29FN2O2S/c1-17(2)14-25(15-18-5-4-6-21(13-18)28-3)16-22(27)26-11-12-29-23(26)19-7-9-20(24)10-8-19/h4-10,13,17,23H,11-12,14-16H2,1-3H3/p+1/t23-/m0/s1. The largest absolute Gasteiger partial charge is 0.497 e. The first-order valence-corrected chi connectivity index (χ1v) is 11.1. The van der Waals surface area contributed by atoms with Crippen LogP contribution in [0, 0.1) is 11.7 Å². The number of carbonyl (C=O) groups is 1.